The summed E-state index contributed by atoms with van der Waals surface area (Å²) in [4.78, 5) is 14.8. The van der Waals surface area contributed by atoms with E-state index in [1.165, 1.54) is 31.3 Å². The van der Waals surface area contributed by atoms with Gasteiger partial charge in [0.1, 0.15) is 6.04 Å². The highest BCUT2D eigenvalue weighted by molar-refractivity contribution is 7.88. The molecule has 0 aromatic heterocycles. The summed E-state index contributed by atoms with van der Waals surface area (Å²) in [5.74, 6) is 2.20. The molecule has 1 amide bonds. The number of carbonyl (C=O) groups is 1. The molecule has 0 radical (unpaired) electrons. The monoisotopic (exact) mass is 616 g/mol. The minimum atomic E-state index is -4.67. The molecule has 5 rings (SSSR count). The Bertz CT molecular complexity index is 1150. The third-order valence-electron chi connectivity index (χ3n) is 12.7. The SMILES string of the molecule is CC(CCC(=O)N1CCC(C(NS(C)(=O)=O)C(F)(F)F)CC1)[C@H]1CC[C@H]2[C@@H]3CC=C4C[C@@H](O)CC[C@]4(C)[C@H]3CC[C@]12C. The third kappa shape index (κ3) is 6.19. The average Bonchev–Trinajstić information content (AvgIpc) is 3.27. The van der Waals surface area contributed by atoms with Gasteiger partial charge in [0.25, 0.3) is 0 Å². The number of hydrogen-bond donors (Lipinski definition) is 2. The molecular weight excluding hydrogens is 565 g/mol. The van der Waals surface area contributed by atoms with Gasteiger partial charge in [0.05, 0.1) is 12.4 Å². The molecule has 5 aliphatic rings. The molecule has 2 unspecified atom stereocenters. The fraction of sp³-hybridized carbons (Fsp3) is 0.906. The normalized spacial score (nSPS) is 39.1. The Balaban J connectivity index is 1.15. The van der Waals surface area contributed by atoms with Gasteiger partial charge in [-0.15, -0.1) is 0 Å². The number of rotatable bonds is 7. The molecule has 0 aromatic carbocycles. The molecule has 4 aliphatic carbocycles. The Morgan fingerprint density at radius 2 is 1.79 bits per heavy atom. The van der Waals surface area contributed by atoms with Gasteiger partial charge in [-0.05, 0) is 117 Å². The zero-order valence-electron chi connectivity index (χ0n) is 25.8. The van der Waals surface area contributed by atoms with Crippen LogP contribution in [0.3, 0.4) is 0 Å². The number of amides is 1. The first kappa shape index (κ1) is 32.3. The molecule has 6 nitrogen and oxygen atoms in total. The fourth-order valence-corrected chi connectivity index (χ4v) is 11.3. The highest BCUT2D eigenvalue weighted by atomic mass is 32.2. The maximum atomic E-state index is 13.6. The number of nitrogens with one attached hydrogen (secondary N) is 1. The third-order valence-corrected chi connectivity index (χ3v) is 13.4. The lowest BCUT2D eigenvalue weighted by atomic mass is 9.47. The van der Waals surface area contributed by atoms with Crippen molar-refractivity contribution in [2.24, 2.45) is 46.3 Å². The first-order valence-electron chi connectivity index (χ1n) is 16.2. The highest BCUT2D eigenvalue weighted by Gasteiger charge is 2.59. The molecule has 3 saturated carbocycles. The van der Waals surface area contributed by atoms with Crippen LogP contribution in [0, 0.1) is 46.3 Å². The molecule has 2 N–H and O–H groups in total. The van der Waals surface area contributed by atoms with E-state index in [0.717, 1.165) is 38.4 Å². The predicted molar refractivity (Wildman–Crippen MR) is 157 cm³/mol. The predicted octanol–water partition coefficient (Wildman–Crippen LogP) is 6.06. The van der Waals surface area contributed by atoms with Crippen molar-refractivity contribution in [1.29, 1.82) is 0 Å². The second-order valence-electron chi connectivity index (χ2n) is 15.0. The van der Waals surface area contributed by atoms with Crippen LogP contribution in [0.15, 0.2) is 11.6 Å². The van der Waals surface area contributed by atoms with Crippen LogP contribution in [0.2, 0.25) is 0 Å². The molecule has 0 bridgehead atoms. The molecular formula is C32H51F3N2O4S. The zero-order chi connectivity index (χ0) is 30.7. The van der Waals surface area contributed by atoms with Crippen molar-refractivity contribution >= 4 is 15.9 Å². The second kappa shape index (κ2) is 11.7. The number of fused-ring (bicyclic) bond motifs is 5. The van der Waals surface area contributed by atoms with E-state index >= 15 is 0 Å². The van der Waals surface area contributed by atoms with Gasteiger partial charge in [-0.2, -0.15) is 13.2 Å². The summed E-state index contributed by atoms with van der Waals surface area (Å²) >= 11 is 0. The van der Waals surface area contributed by atoms with E-state index in [4.69, 9.17) is 0 Å². The van der Waals surface area contributed by atoms with E-state index in [-0.39, 0.29) is 48.8 Å². The van der Waals surface area contributed by atoms with Gasteiger partial charge in [0, 0.05) is 19.5 Å². The quantitative estimate of drug-likeness (QED) is 0.341. The summed E-state index contributed by atoms with van der Waals surface area (Å²) in [6.07, 6.45) is 8.71. The van der Waals surface area contributed by atoms with Crippen molar-refractivity contribution in [1.82, 2.24) is 9.62 Å². The van der Waals surface area contributed by atoms with Crippen molar-refractivity contribution in [3.05, 3.63) is 11.6 Å². The van der Waals surface area contributed by atoms with Gasteiger partial charge in [0.2, 0.25) is 15.9 Å². The van der Waals surface area contributed by atoms with Crippen molar-refractivity contribution < 1.29 is 31.5 Å². The van der Waals surface area contributed by atoms with Gasteiger partial charge in [-0.25, -0.2) is 13.1 Å². The molecule has 240 valence electrons. The van der Waals surface area contributed by atoms with E-state index in [1.54, 1.807) is 9.62 Å². The molecule has 0 spiro atoms. The molecule has 1 heterocycles. The van der Waals surface area contributed by atoms with Crippen LogP contribution >= 0.6 is 0 Å². The number of piperidine rings is 1. The number of halogens is 3. The van der Waals surface area contributed by atoms with Gasteiger partial charge in [0.15, 0.2) is 0 Å². The Morgan fingerprint density at radius 3 is 2.43 bits per heavy atom. The lowest BCUT2D eigenvalue weighted by Gasteiger charge is -2.58. The summed E-state index contributed by atoms with van der Waals surface area (Å²) in [6.45, 7) is 7.71. The first-order valence-corrected chi connectivity index (χ1v) is 18.1. The van der Waals surface area contributed by atoms with E-state index in [2.05, 4.69) is 26.8 Å². The Kier molecular flexibility index (Phi) is 8.96. The largest absolute Gasteiger partial charge is 0.405 e. The van der Waals surface area contributed by atoms with Crippen LogP contribution in [0.5, 0.6) is 0 Å². The number of aliphatic hydroxyl groups is 1. The summed E-state index contributed by atoms with van der Waals surface area (Å²) < 4.78 is 65.6. The van der Waals surface area contributed by atoms with Gasteiger partial charge < -0.3 is 10.0 Å². The maximum Gasteiger partial charge on any atom is 0.405 e. The molecule has 42 heavy (non-hydrogen) atoms. The molecule has 1 saturated heterocycles. The topological polar surface area (TPSA) is 86.7 Å². The van der Waals surface area contributed by atoms with Gasteiger partial charge >= 0.3 is 6.18 Å². The molecule has 0 aromatic rings. The fourth-order valence-electron chi connectivity index (χ4n) is 10.5. The van der Waals surface area contributed by atoms with Gasteiger partial charge in [-0.3, -0.25) is 4.79 Å². The number of likely N-dealkylation sites (tertiary alicyclic amines) is 1. The van der Waals surface area contributed by atoms with Crippen LogP contribution in [0.25, 0.3) is 0 Å². The zero-order valence-corrected chi connectivity index (χ0v) is 26.6. The van der Waals surface area contributed by atoms with Crippen LogP contribution < -0.4 is 4.72 Å². The summed E-state index contributed by atoms with van der Waals surface area (Å²) in [5.41, 5.74) is 2.00. The number of alkyl halides is 3. The summed E-state index contributed by atoms with van der Waals surface area (Å²) in [5, 5.41) is 10.3. The Labute approximate surface area is 250 Å². The van der Waals surface area contributed by atoms with Crippen molar-refractivity contribution in [3.8, 4) is 0 Å². The van der Waals surface area contributed by atoms with Crippen LogP contribution in [-0.2, 0) is 14.8 Å². The smallest absolute Gasteiger partial charge is 0.393 e. The van der Waals surface area contributed by atoms with Crippen LogP contribution in [-0.4, -0.2) is 62.0 Å². The Hall–Kier alpha value is -1.13. The Morgan fingerprint density at radius 1 is 1.10 bits per heavy atom. The number of nitrogens with zero attached hydrogens (tertiary/aromatic N) is 1. The summed E-state index contributed by atoms with van der Waals surface area (Å²) in [6, 6.07) is -2.12. The second-order valence-corrected chi connectivity index (χ2v) is 16.8. The number of allylic oxidation sites excluding steroid dienone is 1. The van der Waals surface area contributed by atoms with E-state index < -0.39 is 28.2 Å². The molecule has 1 aliphatic heterocycles. The lowest BCUT2D eigenvalue weighted by Crippen LogP contribution is -2.53. The minimum Gasteiger partial charge on any atom is -0.393 e. The van der Waals surface area contributed by atoms with E-state index in [0.29, 0.717) is 36.0 Å². The number of hydrogen-bond acceptors (Lipinski definition) is 4. The molecule has 4 fully saturated rings. The lowest BCUT2D eigenvalue weighted by molar-refractivity contribution is -0.167. The van der Waals surface area contributed by atoms with Gasteiger partial charge in [-0.1, -0.05) is 32.4 Å². The number of carbonyl (C=O) groups excluding carboxylic acids is 1. The maximum absolute atomic E-state index is 13.6. The van der Waals surface area contributed by atoms with Crippen molar-refractivity contribution in [2.45, 2.75) is 116 Å². The standard InChI is InChI=1S/C32H51F3N2O4S/c1-20(5-10-28(39)37-17-13-21(14-18-37)29(32(33,34)35)36-42(4,40)41)25-8-9-26-24-7-6-22-19-23(38)11-15-30(22,2)27(24)12-16-31(25,26)3/h6,20-21,23-27,29,36,38H,5,7-19H2,1-4H3/t20?,23-,24-,25+,26-,27-,29?,30-,31+/m0/s1. The molecule has 10 heteroatoms. The molecule has 9 atom stereocenters. The first-order chi connectivity index (χ1) is 19.5. The van der Waals surface area contributed by atoms with E-state index in [1.807, 2.05) is 0 Å². The highest BCUT2D eigenvalue weighted by Crippen LogP contribution is 2.67. The number of sulfonamides is 1. The van der Waals surface area contributed by atoms with Crippen LogP contribution in [0.4, 0.5) is 13.2 Å². The van der Waals surface area contributed by atoms with Crippen molar-refractivity contribution in [3.63, 3.8) is 0 Å². The average molecular weight is 617 g/mol. The van der Waals surface area contributed by atoms with Crippen LogP contribution in [0.1, 0.15) is 97.8 Å². The minimum absolute atomic E-state index is 0.000645. The van der Waals surface area contributed by atoms with E-state index in [9.17, 15) is 31.5 Å². The number of aliphatic hydroxyl groups excluding tert-OH is 1. The van der Waals surface area contributed by atoms with Crippen molar-refractivity contribution in [2.75, 3.05) is 19.3 Å². The summed E-state index contributed by atoms with van der Waals surface area (Å²) in [7, 11) is -4.01.